The number of carbonyl (C=O) groups is 1. The minimum absolute atomic E-state index is 0.0247. The molecule has 5 unspecified atom stereocenters. The molecule has 2 saturated carbocycles. The van der Waals surface area contributed by atoms with Gasteiger partial charge in [0.15, 0.2) is 0 Å². The Morgan fingerprint density at radius 2 is 2.09 bits per heavy atom. The number of aliphatic hydroxyl groups excluding tert-OH is 1. The van der Waals surface area contributed by atoms with Crippen LogP contribution >= 0.6 is 15.9 Å². The van der Waals surface area contributed by atoms with Crippen LogP contribution in [0.2, 0.25) is 0 Å². The first-order chi connectivity index (χ1) is 10.6. The highest BCUT2D eigenvalue weighted by Gasteiger charge is 2.89. The molecule has 0 bridgehead atoms. The molecule has 0 amide bonds. The van der Waals surface area contributed by atoms with Gasteiger partial charge in [-0.15, -0.1) is 0 Å². The normalized spacial score (nSPS) is 47.7. The monoisotopic (exact) mass is 388 g/mol. The van der Waals surface area contributed by atoms with Crippen LogP contribution < -0.4 is 0 Å². The van der Waals surface area contributed by atoms with Gasteiger partial charge in [-0.2, -0.15) is 0 Å². The van der Waals surface area contributed by atoms with Crippen LogP contribution in [0.15, 0.2) is 0 Å². The lowest BCUT2D eigenvalue weighted by molar-refractivity contribution is -0.216. The van der Waals surface area contributed by atoms with E-state index in [9.17, 15) is 9.90 Å². The summed E-state index contributed by atoms with van der Waals surface area (Å²) in [5.41, 5.74) is -1.55. The molecule has 0 aromatic rings. The Labute approximate surface area is 147 Å². The summed E-state index contributed by atoms with van der Waals surface area (Å²) in [5, 5.41) is 11.0. The zero-order chi connectivity index (χ0) is 17.4. The van der Waals surface area contributed by atoms with Gasteiger partial charge >= 0.3 is 5.97 Å². The molecule has 3 aliphatic rings. The van der Waals surface area contributed by atoms with Gasteiger partial charge in [0.2, 0.25) is 0 Å². The van der Waals surface area contributed by atoms with Gasteiger partial charge < -0.3 is 14.6 Å². The Balaban J connectivity index is 2.14. The summed E-state index contributed by atoms with van der Waals surface area (Å²) in [6, 6.07) is 0. The summed E-state index contributed by atoms with van der Waals surface area (Å²) in [5.74, 6) is 0.325. The van der Waals surface area contributed by atoms with E-state index in [0.717, 1.165) is 12.8 Å². The van der Waals surface area contributed by atoms with Gasteiger partial charge in [-0.3, -0.25) is 4.79 Å². The predicted molar refractivity (Wildman–Crippen MR) is 91.3 cm³/mol. The molecule has 1 saturated heterocycles. The summed E-state index contributed by atoms with van der Waals surface area (Å²) >= 11 is 3.58. The highest BCUT2D eigenvalue weighted by Crippen LogP contribution is 2.83. The number of ether oxygens (including phenoxy) is 2. The predicted octanol–water partition coefficient (Wildman–Crippen LogP) is 3.15. The molecule has 2 aliphatic carbocycles. The molecule has 132 valence electrons. The minimum Gasteiger partial charge on any atom is -0.461 e. The van der Waals surface area contributed by atoms with Crippen LogP contribution in [0.4, 0.5) is 0 Å². The van der Waals surface area contributed by atoms with Gasteiger partial charge in [0.25, 0.3) is 0 Å². The van der Waals surface area contributed by atoms with E-state index in [0.29, 0.717) is 11.2 Å². The van der Waals surface area contributed by atoms with Crippen molar-refractivity contribution in [2.24, 2.45) is 28.1 Å². The molecule has 1 N–H and O–H groups in total. The molecular formula is C18H29BrO4. The van der Waals surface area contributed by atoms with Crippen molar-refractivity contribution in [3.63, 3.8) is 0 Å². The fraction of sp³-hybridized carbons (Fsp3) is 0.944. The molecule has 3 rings (SSSR count). The second-order valence-electron chi connectivity index (χ2n) is 8.58. The molecular weight excluding hydrogens is 360 g/mol. The fourth-order valence-electron chi connectivity index (χ4n) is 6.38. The third kappa shape index (κ3) is 1.67. The molecule has 3 fully saturated rings. The maximum Gasteiger partial charge on any atom is 0.313 e. The standard InChI is InChI=1S/C18H29BrO4/c1-10(20)13(9-19)15(3,4)18(22-6)8-12-7-17(12)14(21)23-11(2)16(17,18)5/h10-13,20H,7-9H2,1-6H3/t10?,11?,12-,13?,16?,17-,18?/m1/s1. The first-order valence-corrected chi connectivity index (χ1v) is 9.69. The molecule has 1 heterocycles. The molecule has 0 aromatic heterocycles. The third-order valence-electron chi connectivity index (χ3n) is 7.93. The van der Waals surface area contributed by atoms with Gasteiger partial charge in [-0.25, -0.2) is 0 Å². The average molecular weight is 389 g/mol. The van der Waals surface area contributed by atoms with E-state index in [2.05, 4.69) is 36.7 Å². The number of alkyl halides is 1. The van der Waals surface area contributed by atoms with Crippen molar-refractivity contribution in [2.75, 3.05) is 12.4 Å². The largest absolute Gasteiger partial charge is 0.461 e. The van der Waals surface area contributed by atoms with E-state index < -0.39 is 11.7 Å². The highest BCUT2D eigenvalue weighted by molar-refractivity contribution is 9.09. The Bertz CT molecular complexity index is 533. The van der Waals surface area contributed by atoms with E-state index in [4.69, 9.17) is 9.47 Å². The van der Waals surface area contributed by atoms with Crippen molar-refractivity contribution in [1.82, 2.24) is 0 Å². The lowest BCUT2D eigenvalue weighted by atomic mass is 9.52. The topological polar surface area (TPSA) is 55.8 Å². The van der Waals surface area contributed by atoms with E-state index in [1.54, 1.807) is 7.11 Å². The van der Waals surface area contributed by atoms with Gasteiger partial charge in [0.1, 0.15) is 6.10 Å². The SMILES string of the molecule is COC1(C(C)(C)C(CBr)C(C)O)C[C@H]2C[C@]23C(=O)OC(C)C13C. The van der Waals surface area contributed by atoms with Gasteiger partial charge in [0, 0.05) is 23.8 Å². The summed E-state index contributed by atoms with van der Waals surface area (Å²) in [6.07, 6.45) is 1.15. The highest BCUT2D eigenvalue weighted by atomic mass is 79.9. The first-order valence-electron chi connectivity index (χ1n) is 8.57. The molecule has 7 atom stereocenters. The van der Waals surface area contributed by atoms with Crippen molar-refractivity contribution >= 4 is 21.9 Å². The summed E-state index contributed by atoms with van der Waals surface area (Å²) in [7, 11) is 1.76. The average Bonchev–Trinajstić information content (AvgIpc) is 3.08. The summed E-state index contributed by atoms with van der Waals surface area (Å²) in [4.78, 5) is 12.6. The van der Waals surface area contributed by atoms with Gasteiger partial charge in [-0.05, 0) is 32.6 Å². The number of halogens is 1. The Kier molecular flexibility index (Phi) is 3.81. The van der Waals surface area contributed by atoms with E-state index in [1.807, 2.05) is 13.8 Å². The number of rotatable bonds is 5. The van der Waals surface area contributed by atoms with Crippen LogP contribution in [-0.2, 0) is 14.3 Å². The molecule has 4 nitrogen and oxygen atoms in total. The summed E-state index contributed by atoms with van der Waals surface area (Å²) < 4.78 is 12.0. The van der Waals surface area contributed by atoms with Crippen LogP contribution in [-0.4, -0.2) is 41.3 Å². The number of carbonyl (C=O) groups excluding carboxylic acids is 1. The van der Waals surface area contributed by atoms with Crippen LogP contribution in [0.5, 0.6) is 0 Å². The zero-order valence-electron chi connectivity index (χ0n) is 15.0. The third-order valence-corrected chi connectivity index (χ3v) is 8.63. The maximum atomic E-state index is 12.6. The molecule has 1 spiro atoms. The van der Waals surface area contributed by atoms with Crippen LogP contribution in [0, 0.1) is 28.1 Å². The zero-order valence-corrected chi connectivity index (χ0v) is 16.6. The smallest absolute Gasteiger partial charge is 0.313 e. The van der Waals surface area contributed by atoms with Crippen molar-refractivity contribution < 1.29 is 19.4 Å². The lowest BCUT2D eigenvalue weighted by Crippen LogP contribution is -2.64. The Morgan fingerprint density at radius 3 is 2.57 bits per heavy atom. The van der Waals surface area contributed by atoms with Crippen LogP contribution in [0.25, 0.3) is 0 Å². The minimum atomic E-state index is -0.496. The van der Waals surface area contributed by atoms with Crippen molar-refractivity contribution in [3.05, 3.63) is 0 Å². The lowest BCUT2D eigenvalue weighted by Gasteiger charge is -2.57. The maximum absolute atomic E-state index is 12.6. The Morgan fingerprint density at radius 1 is 1.48 bits per heavy atom. The number of hydrogen-bond donors (Lipinski definition) is 1. The second-order valence-corrected chi connectivity index (χ2v) is 9.23. The molecule has 0 radical (unpaired) electrons. The summed E-state index contributed by atoms with van der Waals surface area (Å²) in [6.45, 7) is 10.4. The fourth-order valence-corrected chi connectivity index (χ4v) is 7.73. The van der Waals surface area contributed by atoms with Crippen molar-refractivity contribution in [1.29, 1.82) is 0 Å². The van der Waals surface area contributed by atoms with E-state index in [-0.39, 0.29) is 34.2 Å². The van der Waals surface area contributed by atoms with E-state index in [1.165, 1.54) is 0 Å². The first kappa shape index (κ1) is 17.7. The van der Waals surface area contributed by atoms with Gasteiger partial charge in [0.05, 0.1) is 22.5 Å². The number of esters is 1. The van der Waals surface area contributed by atoms with Crippen LogP contribution in [0.1, 0.15) is 47.5 Å². The molecule has 5 heteroatoms. The van der Waals surface area contributed by atoms with E-state index >= 15 is 0 Å². The molecule has 23 heavy (non-hydrogen) atoms. The number of hydrogen-bond acceptors (Lipinski definition) is 4. The number of methoxy groups -OCH3 is 1. The van der Waals surface area contributed by atoms with Crippen molar-refractivity contribution in [3.8, 4) is 0 Å². The second kappa shape index (κ2) is 4.95. The van der Waals surface area contributed by atoms with Crippen molar-refractivity contribution in [2.45, 2.75) is 65.3 Å². The number of aliphatic hydroxyl groups is 1. The molecule has 1 aliphatic heterocycles. The number of cyclic esters (lactones) is 1. The Hall–Kier alpha value is -0.130. The van der Waals surface area contributed by atoms with Crippen LogP contribution in [0.3, 0.4) is 0 Å². The van der Waals surface area contributed by atoms with Gasteiger partial charge in [-0.1, -0.05) is 36.7 Å². The molecule has 0 aromatic carbocycles. The quantitative estimate of drug-likeness (QED) is 0.580.